The normalized spacial score (nSPS) is 14.6. The van der Waals surface area contributed by atoms with E-state index in [0.29, 0.717) is 18.7 Å². The Morgan fingerprint density at radius 1 is 1.44 bits per heavy atom. The lowest BCUT2D eigenvalue weighted by atomic mass is 10.2. The van der Waals surface area contributed by atoms with Gasteiger partial charge in [0, 0.05) is 22.6 Å². The molecule has 0 radical (unpaired) electrons. The molecule has 2 N–H and O–H groups in total. The highest BCUT2D eigenvalue weighted by Gasteiger charge is 2.21. The Bertz CT molecular complexity index is 972. The van der Waals surface area contributed by atoms with Crippen molar-refractivity contribution >= 4 is 38.8 Å². The molecule has 0 spiro atoms. The van der Waals surface area contributed by atoms with Crippen LogP contribution in [0.4, 0.5) is 0 Å². The zero-order valence-corrected chi connectivity index (χ0v) is 15.6. The molecule has 0 aliphatic heterocycles. The molecule has 4 rings (SSSR count). The summed E-state index contributed by atoms with van der Waals surface area (Å²) in [7, 11) is 0. The topological polar surface area (TPSA) is 74.8 Å². The van der Waals surface area contributed by atoms with Crippen molar-refractivity contribution < 1.29 is 4.79 Å². The molecule has 130 valence electrons. The molecule has 0 saturated heterocycles. The molecule has 3 aromatic rings. The molecule has 25 heavy (non-hydrogen) atoms. The zero-order chi connectivity index (χ0) is 17.4. The van der Waals surface area contributed by atoms with Gasteiger partial charge in [0.25, 0.3) is 5.56 Å². The first-order valence-corrected chi connectivity index (χ1v) is 10.2. The fourth-order valence-corrected chi connectivity index (χ4v) is 5.33. The molecule has 0 fully saturated rings. The minimum absolute atomic E-state index is 0.00209. The van der Waals surface area contributed by atoms with Crippen molar-refractivity contribution in [2.45, 2.75) is 45.1 Å². The first-order valence-electron chi connectivity index (χ1n) is 8.48. The van der Waals surface area contributed by atoms with Gasteiger partial charge >= 0.3 is 0 Å². The third-order valence-electron chi connectivity index (χ3n) is 4.56. The summed E-state index contributed by atoms with van der Waals surface area (Å²) >= 11 is 3.26. The van der Waals surface area contributed by atoms with E-state index in [4.69, 9.17) is 0 Å². The number of hydrogen-bond acceptors (Lipinski definition) is 5. The number of aromatic nitrogens is 2. The maximum absolute atomic E-state index is 12.4. The zero-order valence-electron chi connectivity index (χ0n) is 13.9. The summed E-state index contributed by atoms with van der Waals surface area (Å²) < 4.78 is 0. The fourth-order valence-electron chi connectivity index (χ4n) is 3.32. The van der Waals surface area contributed by atoms with Crippen molar-refractivity contribution in [3.63, 3.8) is 0 Å². The summed E-state index contributed by atoms with van der Waals surface area (Å²) in [5.41, 5.74) is 1.12. The number of nitrogens with zero attached hydrogens (tertiary/aromatic N) is 1. The maximum atomic E-state index is 12.4. The highest BCUT2D eigenvalue weighted by Crippen LogP contribution is 2.34. The van der Waals surface area contributed by atoms with Gasteiger partial charge in [0.2, 0.25) is 5.91 Å². The second-order valence-electron chi connectivity index (χ2n) is 6.35. The monoisotopic (exact) mass is 373 g/mol. The van der Waals surface area contributed by atoms with Crippen LogP contribution >= 0.6 is 22.7 Å². The molecule has 1 aliphatic rings. The summed E-state index contributed by atoms with van der Waals surface area (Å²) in [6, 6.07) is 3.99. The van der Waals surface area contributed by atoms with Gasteiger partial charge in [-0.2, -0.15) is 0 Å². The minimum atomic E-state index is -0.0632. The Morgan fingerprint density at radius 2 is 2.32 bits per heavy atom. The number of hydrogen-bond donors (Lipinski definition) is 2. The number of fused-ring (bicyclic) bond motifs is 3. The van der Waals surface area contributed by atoms with Gasteiger partial charge in [-0.3, -0.25) is 9.59 Å². The molecule has 0 aromatic carbocycles. The second-order valence-corrected chi connectivity index (χ2v) is 8.42. The quantitative estimate of drug-likeness (QED) is 0.720. The number of aryl methyl sites for hydroxylation is 3. The summed E-state index contributed by atoms with van der Waals surface area (Å²) in [6.45, 7) is 1.98. The van der Waals surface area contributed by atoms with Crippen molar-refractivity contribution in [3.8, 4) is 0 Å². The SMILES string of the molecule is C[C@@H](NC(=O)CCc1nc2sc3c(c2c(=O)[nH]1)CCC3)c1cccs1. The predicted molar refractivity (Wildman–Crippen MR) is 101 cm³/mol. The molecule has 0 bridgehead atoms. The lowest BCUT2D eigenvalue weighted by Gasteiger charge is -2.11. The molecule has 1 aliphatic carbocycles. The highest BCUT2D eigenvalue weighted by molar-refractivity contribution is 7.18. The number of amides is 1. The van der Waals surface area contributed by atoms with E-state index in [9.17, 15) is 9.59 Å². The van der Waals surface area contributed by atoms with E-state index in [0.717, 1.165) is 34.4 Å². The number of aromatic amines is 1. The highest BCUT2D eigenvalue weighted by atomic mass is 32.1. The van der Waals surface area contributed by atoms with Crippen molar-refractivity contribution in [2.75, 3.05) is 0 Å². The van der Waals surface area contributed by atoms with E-state index in [1.54, 1.807) is 22.7 Å². The molecular formula is C18H19N3O2S2. The van der Waals surface area contributed by atoms with Gasteiger partial charge in [-0.25, -0.2) is 4.98 Å². The number of carbonyl (C=O) groups is 1. The first-order chi connectivity index (χ1) is 12.1. The van der Waals surface area contributed by atoms with Crippen molar-refractivity contribution in [3.05, 3.63) is 49.0 Å². The predicted octanol–water partition coefficient (Wildman–Crippen LogP) is 3.34. The smallest absolute Gasteiger partial charge is 0.259 e. The Balaban J connectivity index is 1.44. The number of carbonyl (C=O) groups excluding carboxylic acids is 1. The van der Waals surface area contributed by atoms with E-state index < -0.39 is 0 Å². The molecule has 7 heteroatoms. The van der Waals surface area contributed by atoms with E-state index >= 15 is 0 Å². The van der Waals surface area contributed by atoms with Gasteiger partial charge in [0.1, 0.15) is 10.7 Å². The summed E-state index contributed by atoms with van der Waals surface area (Å²) in [6.07, 6.45) is 3.91. The van der Waals surface area contributed by atoms with Crippen LogP contribution in [0.15, 0.2) is 22.3 Å². The van der Waals surface area contributed by atoms with Crippen LogP contribution in [-0.4, -0.2) is 15.9 Å². The van der Waals surface area contributed by atoms with Gasteiger partial charge in [-0.15, -0.1) is 22.7 Å². The van der Waals surface area contributed by atoms with Crippen LogP contribution in [0.25, 0.3) is 10.2 Å². The summed E-state index contributed by atoms with van der Waals surface area (Å²) in [5, 5.41) is 5.75. The third kappa shape index (κ3) is 3.26. The maximum Gasteiger partial charge on any atom is 0.259 e. The molecule has 1 amide bonds. The Kier molecular flexibility index (Phi) is 4.43. The number of H-pyrrole nitrogens is 1. The van der Waals surface area contributed by atoms with Gasteiger partial charge in [0.15, 0.2) is 0 Å². The van der Waals surface area contributed by atoms with Crippen LogP contribution in [0, 0.1) is 0 Å². The molecule has 0 saturated carbocycles. The van der Waals surface area contributed by atoms with Crippen molar-refractivity contribution in [2.24, 2.45) is 0 Å². The number of nitrogens with one attached hydrogen (secondary N) is 2. The van der Waals surface area contributed by atoms with Gasteiger partial charge < -0.3 is 10.3 Å². The minimum Gasteiger partial charge on any atom is -0.349 e. The Morgan fingerprint density at radius 3 is 3.12 bits per heavy atom. The lowest BCUT2D eigenvalue weighted by molar-refractivity contribution is -0.121. The van der Waals surface area contributed by atoms with E-state index in [2.05, 4.69) is 15.3 Å². The Hall–Kier alpha value is -1.99. The largest absolute Gasteiger partial charge is 0.349 e. The molecule has 3 aromatic heterocycles. The summed E-state index contributed by atoms with van der Waals surface area (Å²) in [5.74, 6) is 0.564. The van der Waals surface area contributed by atoms with Crippen LogP contribution in [0.2, 0.25) is 0 Å². The molecular weight excluding hydrogens is 354 g/mol. The van der Waals surface area contributed by atoms with Gasteiger partial charge in [-0.05, 0) is 43.2 Å². The van der Waals surface area contributed by atoms with Crippen molar-refractivity contribution in [1.82, 2.24) is 15.3 Å². The van der Waals surface area contributed by atoms with Gasteiger partial charge in [-0.1, -0.05) is 6.07 Å². The molecule has 5 nitrogen and oxygen atoms in total. The van der Waals surface area contributed by atoms with Crippen LogP contribution < -0.4 is 10.9 Å². The molecule has 3 heterocycles. The Labute approximate surface area is 153 Å². The van der Waals surface area contributed by atoms with Crippen LogP contribution in [0.3, 0.4) is 0 Å². The van der Waals surface area contributed by atoms with Crippen molar-refractivity contribution in [1.29, 1.82) is 0 Å². The number of thiophene rings is 2. The van der Waals surface area contributed by atoms with E-state index in [1.807, 2.05) is 24.4 Å². The standard InChI is InChI=1S/C18H19N3O2S2/c1-10(12-6-3-9-24-12)19-15(22)8-7-14-20-17(23)16-11-4-2-5-13(11)25-18(16)21-14/h3,6,9-10H,2,4-5,7-8H2,1H3,(H,19,22)(H,20,21,23)/t10-/m1/s1. The first kappa shape index (κ1) is 16.5. The van der Waals surface area contributed by atoms with E-state index in [1.165, 1.54) is 10.4 Å². The average molecular weight is 374 g/mol. The average Bonchev–Trinajstić information content (AvgIpc) is 3.28. The number of rotatable bonds is 5. The van der Waals surface area contributed by atoms with Crippen LogP contribution in [0.5, 0.6) is 0 Å². The summed E-state index contributed by atoms with van der Waals surface area (Å²) in [4.78, 5) is 35.3. The lowest BCUT2D eigenvalue weighted by Crippen LogP contribution is -2.26. The molecule has 1 atom stereocenters. The van der Waals surface area contributed by atoms with Crippen LogP contribution in [-0.2, 0) is 24.1 Å². The van der Waals surface area contributed by atoms with E-state index in [-0.39, 0.29) is 17.5 Å². The third-order valence-corrected chi connectivity index (χ3v) is 6.80. The van der Waals surface area contributed by atoms with Crippen LogP contribution in [0.1, 0.15) is 46.9 Å². The van der Waals surface area contributed by atoms with Gasteiger partial charge in [0.05, 0.1) is 11.4 Å². The fraction of sp³-hybridized carbons (Fsp3) is 0.389. The molecule has 0 unspecified atom stereocenters. The second kappa shape index (κ2) is 6.72.